The quantitative estimate of drug-likeness (QED) is 0.259. The zero-order valence-electron chi connectivity index (χ0n) is 56.5. The van der Waals surface area contributed by atoms with Gasteiger partial charge in [0.1, 0.15) is 0 Å². The zero-order valence-corrected chi connectivity index (χ0v) is 56.5. The largest absolute Gasteiger partial charge is 0.0654 e. The van der Waals surface area contributed by atoms with Gasteiger partial charge in [0.15, 0.2) is 0 Å². The average Bonchev–Trinajstić information content (AvgIpc) is 1.42. The highest BCUT2D eigenvalue weighted by molar-refractivity contribution is 5.42. The minimum Gasteiger partial charge on any atom is -0.0654 e. The molecule has 0 aromatic heterocycles. The van der Waals surface area contributed by atoms with Gasteiger partial charge in [-0.3, -0.25) is 0 Å². The fraction of sp³-hybridized carbons (Fsp3) is 1.00. The van der Waals surface area contributed by atoms with E-state index in [-0.39, 0.29) is 0 Å². The van der Waals surface area contributed by atoms with E-state index in [1.54, 1.807) is 70.6 Å². The molecule has 0 nitrogen and oxygen atoms in total. The summed E-state index contributed by atoms with van der Waals surface area (Å²) in [7, 11) is 0. The summed E-state index contributed by atoms with van der Waals surface area (Å²) in [4.78, 5) is 0. The molecule has 19 rings (SSSR count). The van der Waals surface area contributed by atoms with Gasteiger partial charge in [0.25, 0.3) is 0 Å². The topological polar surface area (TPSA) is 0 Å². The van der Waals surface area contributed by atoms with Crippen LogP contribution in [0.3, 0.4) is 0 Å². The lowest BCUT2D eigenvalue weighted by atomic mass is 9.44. The molecular formula is C82H126. The van der Waals surface area contributed by atoms with Gasteiger partial charge < -0.3 is 0 Å². The minimum absolute atomic E-state index is 0.439. The molecular weight excluding hydrogens is 985 g/mol. The Morgan fingerprint density at radius 3 is 1.50 bits per heavy atom. The Bertz CT molecular complexity index is 2740. The van der Waals surface area contributed by atoms with E-state index in [4.69, 9.17) is 0 Å². The summed E-state index contributed by atoms with van der Waals surface area (Å²) >= 11 is 0. The molecule has 49 atom stereocenters. The predicted molar refractivity (Wildman–Crippen MR) is 335 cm³/mol. The normalized spacial score (nSPS) is 74.9. The molecule has 19 aliphatic rings. The summed E-state index contributed by atoms with van der Waals surface area (Å²) in [6.07, 6.45) is 19.3. The van der Waals surface area contributed by atoms with Crippen molar-refractivity contribution in [2.24, 2.45) is 299 Å². The van der Waals surface area contributed by atoms with Crippen molar-refractivity contribution < 1.29 is 0 Å². The van der Waals surface area contributed by atoms with Gasteiger partial charge in [-0.1, -0.05) is 144 Å². The maximum atomic E-state index is 3.18. The third-order valence-electron chi connectivity index (χ3n) is 41.8. The predicted octanol–water partition coefficient (Wildman–Crippen LogP) is 20.0. The van der Waals surface area contributed by atoms with Crippen LogP contribution in [0.2, 0.25) is 0 Å². The highest BCUT2D eigenvalue weighted by Gasteiger charge is 2.95. The van der Waals surface area contributed by atoms with E-state index >= 15 is 0 Å². The Hall–Kier alpha value is 0. The van der Waals surface area contributed by atoms with Gasteiger partial charge in [-0.15, -0.1) is 0 Å². The Labute approximate surface area is 504 Å². The van der Waals surface area contributed by atoms with Crippen LogP contribution >= 0.6 is 0 Å². The minimum atomic E-state index is 0.439. The summed E-state index contributed by atoms with van der Waals surface area (Å²) in [6.45, 7) is 57.5. The Morgan fingerprint density at radius 1 is 0.317 bits per heavy atom. The van der Waals surface area contributed by atoms with Crippen LogP contribution < -0.4 is 0 Å². The highest BCUT2D eigenvalue weighted by Crippen LogP contribution is 2.99. The van der Waals surface area contributed by atoms with Crippen LogP contribution in [0, 0.1) is 299 Å². The number of hydrogen-bond acceptors (Lipinski definition) is 0. The fourth-order valence-electron chi connectivity index (χ4n) is 41.6. The lowest BCUT2D eigenvalue weighted by Gasteiger charge is -2.61. The number of fused-ring (bicyclic) bond motifs is 7. The first-order valence-electron chi connectivity index (χ1n) is 38.8. The average molecular weight is 1110 g/mol. The van der Waals surface area contributed by atoms with Crippen LogP contribution in [0.5, 0.6) is 0 Å². The first kappa shape index (κ1) is 52.7. The van der Waals surface area contributed by atoms with Crippen LogP contribution in [-0.2, 0) is 0 Å². The summed E-state index contributed by atoms with van der Waals surface area (Å²) in [5.74, 6) is 43.7. The van der Waals surface area contributed by atoms with Crippen LogP contribution in [0.4, 0.5) is 0 Å². The Kier molecular flexibility index (Phi) is 9.96. The number of rotatable bonds is 2. The molecule has 0 amide bonds. The van der Waals surface area contributed by atoms with E-state index < -0.39 is 0 Å². The van der Waals surface area contributed by atoms with Gasteiger partial charge in [-0.2, -0.15) is 0 Å². The second-order valence-corrected chi connectivity index (χ2v) is 42.3. The van der Waals surface area contributed by atoms with Crippen molar-refractivity contribution in [3.05, 3.63) is 0 Å². The molecule has 1 spiro atoms. The van der Waals surface area contributed by atoms with Crippen LogP contribution in [-0.4, -0.2) is 0 Å². The van der Waals surface area contributed by atoms with E-state index in [1.807, 2.05) is 0 Å². The van der Waals surface area contributed by atoms with Crippen LogP contribution in [0.1, 0.15) is 209 Å². The molecule has 454 valence electrons. The third kappa shape index (κ3) is 5.20. The summed E-state index contributed by atoms with van der Waals surface area (Å²) in [6, 6.07) is 0. The second-order valence-electron chi connectivity index (χ2n) is 42.3. The van der Waals surface area contributed by atoms with Crippen LogP contribution in [0.15, 0.2) is 0 Å². The Morgan fingerprint density at radius 2 is 0.841 bits per heavy atom. The summed E-state index contributed by atoms with van der Waals surface area (Å²) in [5.41, 5.74) is 3.02. The molecule has 0 aromatic rings. The maximum Gasteiger partial charge on any atom is -0.0192 e. The molecule has 0 aliphatic heterocycles. The summed E-state index contributed by atoms with van der Waals surface area (Å²) < 4.78 is 0. The van der Waals surface area contributed by atoms with Crippen LogP contribution in [0.25, 0.3) is 0 Å². The fourth-order valence-corrected chi connectivity index (χ4v) is 41.6. The van der Waals surface area contributed by atoms with E-state index in [2.05, 4.69) is 132 Å². The molecule has 0 N–H and O–H groups in total. The van der Waals surface area contributed by atoms with Gasteiger partial charge >= 0.3 is 0 Å². The van der Waals surface area contributed by atoms with Crippen molar-refractivity contribution in [3.8, 4) is 0 Å². The molecule has 0 heteroatoms. The Balaban J connectivity index is 0.838. The van der Waals surface area contributed by atoms with Gasteiger partial charge in [-0.25, -0.2) is 0 Å². The lowest BCUT2D eigenvalue weighted by Crippen LogP contribution is -2.53. The summed E-state index contributed by atoms with van der Waals surface area (Å²) in [5, 5.41) is 0. The SMILES string of the molecule is CCCC1C2C(C)C3C(C)C4CC5C(C)C6C(C)C(CC7CC89C%10C7C1C(C)C%10C1C7C(C)(C)C%10C(C)C%11C(C)C%12CC%13C(C)C%14CC(C)(CC(C)(CC%15C(C)C(CC%16CC(CC%17C%10C7(C)C(C8C19)C%17(C)C)C%11C%16%12)C%13C%15%14)C5C)C4C)C2C63. The molecule has 0 heterocycles. The smallest absolute Gasteiger partial charge is 0.0192 e. The molecule has 4 bridgehead atoms. The van der Waals surface area contributed by atoms with E-state index in [0.29, 0.717) is 32.5 Å². The molecule has 0 radical (unpaired) electrons. The zero-order chi connectivity index (χ0) is 56.5. The van der Waals surface area contributed by atoms with Crippen molar-refractivity contribution >= 4 is 0 Å². The van der Waals surface area contributed by atoms with Crippen molar-refractivity contribution in [3.63, 3.8) is 0 Å². The molecule has 19 aliphatic carbocycles. The standard InChI is InChI=1S/C82H126/c1-20-21-46-59-39(9)61-69-73-74-76-77(13,14)55-25-44-22-43-23-49-32(2)53-29-79(17)31-80(18,30-54-33(3)51(65(49)66(53)54)27-52-37(7)58(63(44)62(43)52)40(10)70-71(55)81(76,19)75(69)78(70,15)16)42(12)48-26-47(41(79)11)34(4)56-36(6)50(24-45-28-82(73,74)72(61)64(45)59)67-60(46)38(8)57(35(48)5)68(56)67/h32-76H,20-31H2,1-19H3. The van der Waals surface area contributed by atoms with Gasteiger partial charge in [0.2, 0.25) is 0 Å². The second kappa shape index (κ2) is 15.5. The van der Waals surface area contributed by atoms with Crippen molar-refractivity contribution in [2.75, 3.05) is 0 Å². The van der Waals surface area contributed by atoms with E-state index in [1.165, 1.54) is 6.42 Å². The van der Waals surface area contributed by atoms with Gasteiger partial charge in [0.05, 0.1) is 0 Å². The maximum absolute atomic E-state index is 3.18. The third-order valence-corrected chi connectivity index (χ3v) is 41.8. The first-order valence-corrected chi connectivity index (χ1v) is 38.8. The van der Waals surface area contributed by atoms with Gasteiger partial charge in [-0.05, 0) is 363 Å². The molecule has 0 aromatic carbocycles. The van der Waals surface area contributed by atoms with Gasteiger partial charge in [0, 0.05) is 0 Å². The molecule has 19 saturated carbocycles. The molecule has 19 fully saturated rings. The van der Waals surface area contributed by atoms with Crippen molar-refractivity contribution in [1.82, 2.24) is 0 Å². The number of hydrogen-bond donors (Lipinski definition) is 0. The molecule has 0 saturated heterocycles. The molecule has 82 heavy (non-hydrogen) atoms. The lowest BCUT2D eigenvalue weighted by molar-refractivity contribution is -0.118. The van der Waals surface area contributed by atoms with E-state index in [0.717, 1.165) is 266 Å². The highest BCUT2D eigenvalue weighted by atomic mass is 15.0. The monoisotopic (exact) mass is 1110 g/mol. The van der Waals surface area contributed by atoms with Crippen molar-refractivity contribution in [1.29, 1.82) is 0 Å². The first-order chi connectivity index (χ1) is 38.8. The molecule has 49 unspecified atom stereocenters. The van der Waals surface area contributed by atoms with E-state index in [9.17, 15) is 0 Å². The van der Waals surface area contributed by atoms with Crippen molar-refractivity contribution in [2.45, 2.75) is 209 Å².